The molecule has 0 saturated heterocycles. The van der Waals surface area contributed by atoms with Gasteiger partial charge in [0.1, 0.15) is 5.82 Å². The molecule has 22 heavy (non-hydrogen) atoms. The Morgan fingerprint density at radius 3 is 3.18 bits per heavy atom. The third-order valence-corrected chi connectivity index (χ3v) is 3.79. The quantitative estimate of drug-likeness (QED) is 0.763. The number of hydrogen-bond donors (Lipinski definition) is 3. The highest BCUT2D eigenvalue weighted by Crippen LogP contribution is 2.15. The largest absolute Gasteiger partial charge is 0.343 e. The molecule has 0 spiro atoms. The maximum Gasteiger partial charge on any atom is 0.272 e. The summed E-state index contributed by atoms with van der Waals surface area (Å²) in [5.74, 6) is 1.25. The molecular weight excluding hydrogens is 280 g/mol. The number of nitrogens with one attached hydrogen (secondary N) is 3. The Hall–Kier alpha value is -2.15. The van der Waals surface area contributed by atoms with Crippen LogP contribution < -0.4 is 10.6 Å². The third kappa shape index (κ3) is 3.04. The minimum atomic E-state index is -0.153. The van der Waals surface area contributed by atoms with Gasteiger partial charge in [-0.25, -0.2) is 4.98 Å². The number of carbonyl (C=O) groups excluding carboxylic acids is 1. The van der Waals surface area contributed by atoms with Crippen molar-refractivity contribution in [2.24, 2.45) is 5.92 Å². The molecule has 7 nitrogen and oxygen atoms in total. The first-order chi connectivity index (χ1) is 10.6. The lowest BCUT2D eigenvalue weighted by Crippen LogP contribution is -2.29. The SMILES string of the molecule is CC(C)Cn1ccnc1CNC(=O)c1n[nH]c2c1CNCC2. The van der Waals surface area contributed by atoms with Gasteiger partial charge in [-0.05, 0) is 5.92 Å². The lowest BCUT2D eigenvalue weighted by molar-refractivity contribution is 0.0943. The summed E-state index contributed by atoms with van der Waals surface area (Å²) in [7, 11) is 0. The fourth-order valence-corrected chi connectivity index (χ4v) is 2.72. The number of carbonyl (C=O) groups is 1. The summed E-state index contributed by atoms with van der Waals surface area (Å²) in [6.45, 7) is 7.23. The van der Waals surface area contributed by atoms with Crippen LogP contribution in [0.2, 0.25) is 0 Å². The van der Waals surface area contributed by atoms with Crippen LogP contribution in [0.4, 0.5) is 0 Å². The van der Waals surface area contributed by atoms with E-state index in [9.17, 15) is 4.79 Å². The van der Waals surface area contributed by atoms with Crippen molar-refractivity contribution in [2.45, 2.75) is 39.9 Å². The molecule has 0 fully saturated rings. The average Bonchev–Trinajstić information content (AvgIpc) is 3.11. The van der Waals surface area contributed by atoms with Crippen molar-refractivity contribution in [1.82, 2.24) is 30.4 Å². The molecule has 118 valence electrons. The summed E-state index contributed by atoms with van der Waals surface area (Å²) in [4.78, 5) is 16.7. The van der Waals surface area contributed by atoms with E-state index in [-0.39, 0.29) is 5.91 Å². The summed E-state index contributed by atoms with van der Waals surface area (Å²) in [6, 6.07) is 0. The molecule has 0 aromatic carbocycles. The molecule has 1 aliphatic heterocycles. The van der Waals surface area contributed by atoms with Gasteiger partial charge in [-0.1, -0.05) is 13.8 Å². The Kier molecular flexibility index (Phi) is 4.24. The van der Waals surface area contributed by atoms with Crippen molar-refractivity contribution < 1.29 is 4.79 Å². The lowest BCUT2D eigenvalue weighted by atomic mass is 10.1. The molecule has 1 aliphatic rings. The second-order valence-corrected chi connectivity index (χ2v) is 6.03. The van der Waals surface area contributed by atoms with Gasteiger partial charge in [-0.3, -0.25) is 9.89 Å². The van der Waals surface area contributed by atoms with Gasteiger partial charge in [0, 0.05) is 49.7 Å². The number of H-pyrrole nitrogens is 1. The second kappa shape index (κ2) is 6.31. The van der Waals surface area contributed by atoms with E-state index in [0.717, 1.165) is 36.6 Å². The molecule has 2 aromatic rings. The number of rotatable bonds is 5. The smallest absolute Gasteiger partial charge is 0.272 e. The molecule has 3 rings (SSSR count). The molecule has 0 radical (unpaired) electrons. The minimum Gasteiger partial charge on any atom is -0.343 e. The molecule has 2 aromatic heterocycles. The number of nitrogens with zero attached hydrogens (tertiary/aromatic N) is 3. The van der Waals surface area contributed by atoms with Crippen LogP contribution in [0.5, 0.6) is 0 Å². The van der Waals surface area contributed by atoms with E-state index in [4.69, 9.17) is 0 Å². The van der Waals surface area contributed by atoms with E-state index >= 15 is 0 Å². The number of hydrogen-bond acceptors (Lipinski definition) is 4. The zero-order valence-electron chi connectivity index (χ0n) is 13.0. The molecule has 0 saturated carbocycles. The van der Waals surface area contributed by atoms with Gasteiger partial charge in [-0.2, -0.15) is 5.10 Å². The molecule has 3 N–H and O–H groups in total. The summed E-state index contributed by atoms with van der Waals surface area (Å²) >= 11 is 0. The normalized spacial score (nSPS) is 14.1. The van der Waals surface area contributed by atoms with Crippen molar-refractivity contribution in [3.63, 3.8) is 0 Å². The fourth-order valence-electron chi connectivity index (χ4n) is 2.72. The van der Waals surface area contributed by atoms with E-state index in [1.807, 2.05) is 6.20 Å². The van der Waals surface area contributed by atoms with E-state index in [0.29, 0.717) is 24.7 Å². The first kappa shape index (κ1) is 14.8. The van der Waals surface area contributed by atoms with Gasteiger partial charge < -0.3 is 15.2 Å². The van der Waals surface area contributed by atoms with Crippen LogP contribution in [-0.2, 0) is 26.1 Å². The van der Waals surface area contributed by atoms with E-state index in [1.165, 1.54) is 0 Å². The summed E-state index contributed by atoms with van der Waals surface area (Å²) in [5, 5.41) is 13.3. The Balaban J connectivity index is 1.66. The third-order valence-electron chi connectivity index (χ3n) is 3.79. The van der Waals surface area contributed by atoms with Gasteiger partial charge in [-0.15, -0.1) is 0 Å². The van der Waals surface area contributed by atoms with E-state index in [2.05, 4.69) is 44.2 Å². The molecule has 7 heteroatoms. The summed E-state index contributed by atoms with van der Waals surface area (Å²) < 4.78 is 2.08. The van der Waals surface area contributed by atoms with Gasteiger partial charge in [0.25, 0.3) is 5.91 Å². The van der Waals surface area contributed by atoms with Gasteiger partial charge >= 0.3 is 0 Å². The van der Waals surface area contributed by atoms with Crippen molar-refractivity contribution in [3.05, 3.63) is 35.2 Å². The highest BCUT2D eigenvalue weighted by Gasteiger charge is 2.21. The van der Waals surface area contributed by atoms with E-state index in [1.54, 1.807) is 6.20 Å². The van der Waals surface area contributed by atoms with E-state index < -0.39 is 0 Å². The number of amides is 1. The van der Waals surface area contributed by atoms with Crippen molar-refractivity contribution in [2.75, 3.05) is 6.54 Å². The number of imidazole rings is 1. The number of aromatic amines is 1. The predicted octanol–water partition coefficient (Wildman–Crippen LogP) is 0.838. The van der Waals surface area contributed by atoms with Crippen LogP contribution in [0.25, 0.3) is 0 Å². The summed E-state index contributed by atoms with van der Waals surface area (Å²) in [6.07, 6.45) is 4.60. The standard InChI is InChI=1S/C15H22N6O/c1-10(2)9-21-6-5-17-13(21)8-18-15(22)14-11-7-16-4-3-12(11)19-20-14/h5-6,10,16H,3-4,7-9H2,1-2H3,(H,18,22)(H,19,20). The molecule has 1 amide bonds. The van der Waals surface area contributed by atoms with Crippen LogP contribution in [0, 0.1) is 5.92 Å². The maximum atomic E-state index is 12.3. The Bertz CT molecular complexity index is 657. The number of aromatic nitrogens is 4. The maximum absolute atomic E-state index is 12.3. The minimum absolute atomic E-state index is 0.153. The monoisotopic (exact) mass is 302 g/mol. The Morgan fingerprint density at radius 1 is 1.50 bits per heavy atom. The topological polar surface area (TPSA) is 87.6 Å². The average molecular weight is 302 g/mol. The number of fused-ring (bicyclic) bond motifs is 1. The molecular formula is C15H22N6O. The van der Waals surface area contributed by atoms with Crippen LogP contribution in [-0.4, -0.2) is 32.2 Å². The first-order valence-electron chi connectivity index (χ1n) is 7.70. The van der Waals surface area contributed by atoms with Crippen LogP contribution in [0.15, 0.2) is 12.4 Å². The van der Waals surface area contributed by atoms with Gasteiger partial charge in [0.15, 0.2) is 5.69 Å². The molecule has 0 aliphatic carbocycles. The molecule has 0 atom stereocenters. The second-order valence-electron chi connectivity index (χ2n) is 6.03. The molecule has 0 unspecified atom stereocenters. The summed E-state index contributed by atoms with van der Waals surface area (Å²) in [5.41, 5.74) is 2.53. The van der Waals surface area contributed by atoms with Crippen LogP contribution in [0.1, 0.15) is 41.4 Å². The van der Waals surface area contributed by atoms with Crippen LogP contribution in [0.3, 0.4) is 0 Å². The van der Waals surface area contributed by atoms with Crippen LogP contribution >= 0.6 is 0 Å². The molecule has 3 heterocycles. The Morgan fingerprint density at radius 2 is 2.36 bits per heavy atom. The lowest BCUT2D eigenvalue weighted by Gasteiger charge is -2.13. The van der Waals surface area contributed by atoms with Crippen molar-refractivity contribution in [1.29, 1.82) is 0 Å². The Labute approximate surface area is 129 Å². The van der Waals surface area contributed by atoms with Crippen molar-refractivity contribution in [3.8, 4) is 0 Å². The molecule has 0 bridgehead atoms. The van der Waals surface area contributed by atoms with Gasteiger partial charge in [0.2, 0.25) is 0 Å². The van der Waals surface area contributed by atoms with Crippen molar-refractivity contribution >= 4 is 5.91 Å². The zero-order valence-corrected chi connectivity index (χ0v) is 13.0. The zero-order chi connectivity index (χ0) is 15.5. The van der Waals surface area contributed by atoms with Gasteiger partial charge in [0.05, 0.1) is 6.54 Å². The first-order valence-corrected chi connectivity index (χ1v) is 7.70. The highest BCUT2D eigenvalue weighted by atomic mass is 16.1. The highest BCUT2D eigenvalue weighted by molar-refractivity contribution is 5.93. The predicted molar refractivity (Wildman–Crippen MR) is 82.2 cm³/mol. The fraction of sp³-hybridized carbons (Fsp3) is 0.533.